The smallest absolute Gasteiger partial charge is 0.159 e. The molecule has 0 aliphatic rings. The van der Waals surface area contributed by atoms with E-state index in [1.807, 2.05) is 6.07 Å². The molecule has 3 aromatic rings. The lowest BCUT2D eigenvalue weighted by molar-refractivity contribution is 0.511. The fourth-order valence-corrected chi connectivity index (χ4v) is 3.11. The lowest BCUT2D eigenvalue weighted by Gasteiger charge is -2.08. The Balaban J connectivity index is 1.86. The maximum absolute atomic E-state index is 14.5. The predicted molar refractivity (Wildman–Crippen MR) is 97.1 cm³/mol. The van der Waals surface area contributed by atoms with Crippen LogP contribution in [-0.2, 0) is 6.42 Å². The van der Waals surface area contributed by atoms with Crippen molar-refractivity contribution in [2.45, 2.75) is 39.0 Å². The monoisotopic (exact) mass is 342 g/mol. The van der Waals surface area contributed by atoms with Crippen LogP contribution < -0.4 is 0 Å². The first-order chi connectivity index (χ1) is 12.1. The van der Waals surface area contributed by atoms with Crippen LogP contribution in [0.4, 0.5) is 13.2 Å². The van der Waals surface area contributed by atoms with Crippen LogP contribution in [0.2, 0.25) is 0 Å². The fraction of sp³-hybridized carbons (Fsp3) is 0.273. The minimum absolute atomic E-state index is 0.282. The van der Waals surface area contributed by atoms with Crippen molar-refractivity contribution >= 4 is 10.8 Å². The summed E-state index contributed by atoms with van der Waals surface area (Å²) in [5.41, 5.74) is 2.13. The Kier molecular flexibility index (Phi) is 5.42. The molecule has 130 valence electrons. The maximum atomic E-state index is 14.5. The van der Waals surface area contributed by atoms with E-state index in [1.165, 1.54) is 12.8 Å². The summed E-state index contributed by atoms with van der Waals surface area (Å²) in [6, 6.07) is 12.7. The lowest BCUT2D eigenvalue weighted by Crippen LogP contribution is -1.91. The standard InChI is InChI=1S/C22H21F3/c1-2-3-4-5-6-15-7-10-19(20(23)11-15)17-9-8-16-13-21(24)22(25)14-18(16)12-17/h7-14H,2-6H2,1H3. The van der Waals surface area contributed by atoms with Crippen molar-refractivity contribution in [2.24, 2.45) is 0 Å². The van der Waals surface area contributed by atoms with Gasteiger partial charge in [-0.1, -0.05) is 50.5 Å². The molecule has 3 aromatic carbocycles. The average molecular weight is 342 g/mol. The molecule has 0 heterocycles. The van der Waals surface area contributed by atoms with Crippen LogP contribution >= 0.6 is 0 Å². The van der Waals surface area contributed by atoms with Gasteiger partial charge in [-0.2, -0.15) is 0 Å². The number of hydrogen-bond donors (Lipinski definition) is 0. The van der Waals surface area contributed by atoms with Gasteiger partial charge in [0.05, 0.1) is 0 Å². The average Bonchev–Trinajstić information content (AvgIpc) is 2.60. The van der Waals surface area contributed by atoms with Crippen molar-refractivity contribution in [3.63, 3.8) is 0 Å². The molecule has 0 unspecified atom stereocenters. The Morgan fingerprint density at radius 3 is 2.16 bits per heavy atom. The number of hydrogen-bond acceptors (Lipinski definition) is 0. The predicted octanol–water partition coefficient (Wildman–Crippen LogP) is 7.05. The van der Waals surface area contributed by atoms with E-state index in [4.69, 9.17) is 0 Å². The highest BCUT2D eigenvalue weighted by Crippen LogP contribution is 2.28. The molecule has 0 fully saturated rings. The molecule has 0 saturated carbocycles. The first kappa shape index (κ1) is 17.5. The van der Waals surface area contributed by atoms with Gasteiger partial charge in [0.1, 0.15) is 5.82 Å². The van der Waals surface area contributed by atoms with Crippen molar-refractivity contribution in [3.05, 3.63) is 71.5 Å². The van der Waals surface area contributed by atoms with Gasteiger partial charge in [-0.05, 0) is 59.0 Å². The van der Waals surface area contributed by atoms with Gasteiger partial charge >= 0.3 is 0 Å². The van der Waals surface area contributed by atoms with E-state index < -0.39 is 11.6 Å². The third-order valence-electron chi connectivity index (χ3n) is 4.54. The summed E-state index contributed by atoms with van der Waals surface area (Å²) in [6.07, 6.45) is 5.48. The maximum Gasteiger partial charge on any atom is 0.159 e. The summed E-state index contributed by atoms with van der Waals surface area (Å²) >= 11 is 0. The summed E-state index contributed by atoms with van der Waals surface area (Å²) in [4.78, 5) is 0. The second kappa shape index (κ2) is 7.73. The second-order valence-electron chi connectivity index (χ2n) is 6.45. The Bertz CT molecular complexity index is 884. The normalized spacial score (nSPS) is 11.2. The van der Waals surface area contributed by atoms with Crippen LogP contribution in [0.3, 0.4) is 0 Å². The summed E-state index contributed by atoms with van der Waals surface area (Å²) in [7, 11) is 0. The zero-order valence-corrected chi connectivity index (χ0v) is 14.3. The lowest BCUT2D eigenvalue weighted by atomic mass is 9.98. The second-order valence-corrected chi connectivity index (χ2v) is 6.45. The Morgan fingerprint density at radius 2 is 1.44 bits per heavy atom. The number of unbranched alkanes of at least 4 members (excludes halogenated alkanes) is 3. The van der Waals surface area contributed by atoms with Gasteiger partial charge in [-0.15, -0.1) is 0 Å². The zero-order chi connectivity index (χ0) is 17.8. The van der Waals surface area contributed by atoms with Gasteiger partial charge in [-0.3, -0.25) is 0 Å². The van der Waals surface area contributed by atoms with E-state index in [-0.39, 0.29) is 5.82 Å². The Labute approximate surface area is 146 Å². The summed E-state index contributed by atoms with van der Waals surface area (Å²) in [6.45, 7) is 2.16. The molecule has 0 amide bonds. The minimum atomic E-state index is -0.896. The molecule has 0 aliphatic heterocycles. The van der Waals surface area contributed by atoms with E-state index in [1.54, 1.807) is 30.3 Å². The summed E-state index contributed by atoms with van der Waals surface area (Å²) < 4.78 is 41.3. The molecule has 0 bridgehead atoms. The molecular weight excluding hydrogens is 321 g/mol. The highest BCUT2D eigenvalue weighted by atomic mass is 19.2. The van der Waals surface area contributed by atoms with Crippen LogP contribution in [-0.4, -0.2) is 0 Å². The molecule has 3 heteroatoms. The number of halogens is 3. The Morgan fingerprint density at radius 1 is 0.680 bits per heavy atom. The van der Waals surface area contributed by atoms with Crippen molar-refractivity contribution < 1.29 is 13.2 Å². The third kappa shape index (κ3) is 4.04. The van der Waals surface area contributed by atoms with E-state index in [0.29, 0.717) is 21.9 Å². The molecule has 0 aromatic heterocycles. The number of aryl methyl sites for hydroxylation is 1. The van der Waals surface area contributed by atoms with Crippen molar-refractivity contribution in [2.75, 3.05) is 0 Å². The quantitative estimate of drug-likeness (QED) is 0.421. The number of rotatable bonds is 6. The molecule has 25 heavy (non-hydrogen) atoms. The first-order valence-corrected chi connectivity index (χ1v) is 8.76. The highest BCUT2D eigenvalue weighted by molar-refractivity contribution is 5.87. The summed E-state index contributed by atoms with van der Waals surface area (Å²) in [5, 5.41) is 1.15. The van der Waals surface area contributed by atoms with Crippen molar-refractivity contribution in [3.8, 4) is 11.1 Å². The van der Waals surface area contributed by atoms with Crippen LogP contribution in [0.15, 0.2) is 48.5 Å². The first-order valence-electron chi connectivity index (χ1n) is 8.76. The Hall–Kier alpha value is -2.29. The van der Waals surface area contributed by atoms with E-state index in [0.717, 1.165) is 37.0 Å². The largest absolute Gasteiger partial charge is 0.206 e. The van der Waals surface area contributed by atoms with Gasteiger partial charge in [0.15, 0.2) is 11.6 Å². The van der Waals surface area contributed by atoms with Gasteiger partial charge in [0, 0.05) is 5.56 Å². The molecule has 0 N–H and O–H groups in total. The van der Waals surface area contributed by atoms with Crippen LogP contribution in [0.1, 0.15) is 38.2 Å². The van der Waals surface area contributed by atoms with Crippen molar-refractivity contribution in [1.82, 2.24) is 0 Å². The summed E-state index contributed by atoms with van der Waals surface area (Å²) in [5.74, 6) is -2.05. The van der Waals surface area contributed by atoms with Crippen LogP contribution in [0, 0.1) is 17.5 Å². The molecule has 0 nitrogen and oxygen atoms in total. The number of benzene rings is 3. The van der Waals surface area contributed by atoms with Crippen LogP contribution in [0.25, 0.3) is 21.9 Å². The molecular formula is C22H21F3. The molecule has 0 spiro atoms. The van der Waals surface area contributed by atoms with Gasteiger partial charge in [0.2, 0.25) is 0 Å². The molecule has 0 radical (unpaired) electrons. The van der Waals surface area contributed by atoms with Gasteiger partial charge in [-0.25, -0.2) is 13.2 Å². The minimum Gasteiger partial charge on any atom is -0.206 e. The topological polar surface area (TPSA) is 0 Å². The molecule has 3 rings (SSSR count). The molecule has 0 atom stereocenters. The van der Waals surface area contributed by atoms with E-state index >= 15 is 0 Å². The van der Waals surface area contributed by atoms with Crippen LogP contribution in [0.5, 0.6) is 0 Å². The van der Waals surface area contributed by atoms with Gasteiger partial charge < -0.3 is 0 Å². The van der Waals surface area contributed by atoms with E-state index in [9.17, 15) is 13.2 Å². The van der Waals surface area contributed by atoms with Crippen molar-refractivity contribution in [1.29, 1.82) is 0 Å². The third-order valence-corrected chi connectivity index (χ3v) is 4.54. The van der Waals surface area contributed by atoms with E-state index in [2.05, 4.69) is 6.92 Å². The zero-order valence-electron chi connectivity index (χ0n) is 14.3. The fourth-order valence-electron chi connectivity index (χ4n) is 3.11. The van der Waals surface area contributed by atoms with Gasteiger partial charge in [0.25, 0.3) is 0 Å². The molecule has 0 aliphatic carbocycles. The molecule has 0 saturated heterocycles. The highest BCUT2D eigenvalue weighted by Gasteiger charge is 2.09. The SMILES string of the molecule is CCCCCCc1ccc(-c2ccc3cc(F)c(F)cc3c2)c(F)c1. The number of fused-ring (bicyclic) bond motifs is 1.